The zero-order valence-corrected chi connectivity index (χ0v) is 16.6. The number of hydrogen-bond donors (Lipinski definition) is 3. The van der Waals surface area contributed by atoms with Crippen LogP contribution >= 0.6 is 11.6 Å². The quantitative estimate of drug-likeness (QED) is 0.526. The minimum absolute atomic E-state index is 0.0474. The van der Waals surface area contributed by atoms with E-state index in [1.807, 2.05) is 0 Å². The van der Waals surface area contributed by atoms with E-state index in [1.54, 1.807) is 4.90 Å². The second-order valence-corrected chi connectivity index (χ2v) is 7.66. The highest BCUT2D eigenvalue weighted by atomic mass is 35.5. The molecule has 5 N–H and O–H groups in total. The van der Waals surface area contributed by atoms with Crippen LogP contribution in [0.1, 0.15) is 16.8 Å². The van der Waals surface area contributed by atoms with Gasteiger partial charge in [0.05, 0.1) is 33.0 Å². The fraction of sp³-hybridized carbons (Fsp3) is 0.200. The molecule has 4 rings (SSSR count). The molecule has 162 valence electrons. The van der Waals surface area contributed by atoms with Gasteiger partial charge in [-0.2, -0.15) is 0 Å². The zero-order chi connectivity index (χ0) is 22.6. The minimum Gasteiger partial charge on any atom is -0.477 e. The number of aromatic nitrogens is 1. The third-order valence-electron chi connectivity index (χ3n) is 5.25. The predicted molar refractivity (Wildman–Crippen MR) is 111 cm³/mol. The Balaban J connectivity index is 2.14. The molecule has 0 radical (unpaired) electrons. The maximum absolute atomic E-state index is 15.0. The molecule has 0 unspecified atom stereocenters. The third-order valence-corrected chi connectivity index (χ3v) is 5.61. The number of pyridine rings is 1. The van der Waals surface area contributed by atoms with E-state index < -0.39 is 40.1 Å². The lowest BCUT2D eigenvalue weighted by Crippen LogP contribution is -2.27. The third kappa shape index (κ3) is 3.37. The molecule has 3 aromatic rings. The van der Waals surface area contributed by atoms with Crippen LogP contribution in [0.5, 0.6) is 0 Å². The molecule has 11 heteroatoms. The number of benzene rings is 2. The summed E-state index contributed by atoms with van der Waals surface area (Å²) in [5, 5.41) is 8.81. The van der Waals surface area contributed by atoms with Gasteiger partial charge >= 0.3 is 5.97 Å². The smallest absolute Gasteiger partial charge is 0.341 e. The summed E-state index contributed by atoms with van der Waals surface area (Å²) in [6.07, 6.45) is 1.44. The summed E-state index contributed by atoms with van der Waals surface area (Å²) >= 11 is 6.50. The number of anilines is 2. The first kappa shape index (κ1) is 21.0. The van der Waals surface area contributed by atoms with Gasteiger partial charge in [0, 0.05) is 31.4 Å². The number of hydrogen-bond acceptors (Lipinski definition) is 5. The van der Waals surface area contributed by atoms with Crippen molar-refractivity contribution in [1.29, 1.82) is 0 Å². The first-order chi connectivity index (χ1) is 14.6. The van der Waals surface area contributed by atoms with E-state index in [1.165, 1.54) is 0 Å². The number of nitrogen functional groups attached to an aromatic ring is 1. The minimum atomic E-state index is -1.61. The van der Waals surface area contributed by atoms with E-state index >= 15 is 0 Å². The molecule has 0 bridgehead atoms. The number of fused-ring (bicyclic) bond motifs is 1. The van der Waals surface area contributed by atoms with E-state index in [0.717, 1.165) is 22.9 Å². The lowest BCUT2D eigenvalue weighted by atomic mass is 10.1. The molecule has 1 aliphatic rings. The molecular weight excluding hydrogens is 437 g/mol. The number of halogens is 4. The van der Waals surface area contributed by atoms with Crippen LogP contribution in [0.3, 0.4) is 0 Å². The van der Waals surface area contributed by atoms with Crippen molar-refractivity contribution in [2.45, 2.75) is 12.5 Å². The van der Waals surface area contributed by atoms with Gasteiger partial charge < -0.3 is 26.0 Å². The second-order valence-electron chi connectivity index (χ2n) is 7.28. The molecular formula is C20H16ClF3N4O3. The number of carboxylic acid groups (broad SMARTS) is 1. The molecule has 1 aliphatic heterocycles. The molecule has 2 aromatic carbocycles. The molecule has 0 spiro atoms. The van der Waals surface area contributed by atoms with Crippen molar-refractivity contribution in [2.75, 3.05) is 23.7 Å². The Morgan fingerprint density at radius 3 is 2.48 bits per heavy atom. The average molecular weight is 453 g/mol. The van der Waals surface area contributed by atoms with E-state index in [2.05, 4.69) is 0 Å². The van der Waals surface area contributed by atoms with Gasteiger partial charge in [-0.3, -0.25) is 4.79 Å². The van der Waals surface area contributed by atoms with Crippen LogP contribution in [-0.2, 0) is 0 Å². The molecule has 31 heavy (non-hydrogen) atoms. The Labute approximate surface area is 178 Å². The molecule has 0 saturated carbocycles. The maximum Gasteiger partial charge on any atom is 0.341 e. The van der Waals surface area contributed by atoms with Crippen LogP contribution in [0.25, 0.3) is 16.6 Å². The van der Waals surface area contributed by atoms with Crippen LogP contribution in [0.2, 0.25) is 5.02 Å². The van der Waals surface area contributed by atoms with Crippen LogP contribution in [0.4, 0.5) is 24.5 Å². The van der Waals surface area contributed by atoms with Gasteiger partial charge in [-0.15, -0.1) is 0 Å². The van der Waals surface area contributed by atoms with E-state index in [4.69, 9.17) is 23.1 Å². The summed E-state index contributed by atoms with van der Waals surface area (Å²) in [5.41, 5.74) is 8.75. The van der Waals surface area contributed by atoms with Crippen LogP contribution < -0.4 is 21.8 Å². The summed E-state index contributed by atoms with van der Waals surface area (Å²) in [6, 6.07) is 2.10. The van der Waals surface area contributed by atoms with Crippen molar-refractivity contribution in [3.63, 3.8) is 0 Å². The van der Waals surface area contributed by atoms with Gasteiger partial charge in [0.1, 0.15) is 23.0 Å². The zero-order valence-electron chi connectivity index (χ0n) is 15.8. The van der Waals surface area contributed by atoms with Crippen molar-refractivity contribution < 1.29 is 23.1 Å². The SMILES string of the molecule is Nc1cc(-n2cc(C(=O)O)c(=O)c3cc(F)c(N4CC[C@@H](N)C4)c(Cl)c32)c(F)cc1F. The Morgan fingerprint density at radius 2 is 1.87 bits per heavy atom. The van der Waals surface area contributed by atoms with Crippen molar-refractivity contribution >= 4 is 39.8 Å². The number of nitrogens with two attached hydrogens (primary N) is 2. The van der Waals surface area contributed by atoms with Gasteiger partial charge in [-0.1, -0.05) is 11.6 Å². The second kappa shape index (κ2) is 7.47. The first-order valence-electron chi connectivity index (χ1n) is 9.16. The molecule has 1 aromatic heterocycles. The highest BCUT2D eigenvalue weighted by Crippen LogP contribution is 2.38. The largest absolute Gasteiger partial charge is 0.477 e. The molecule has 2 heterocycles. The molecule has 1 fully saturated rings. The number of carbonyl (C=O) groups is 1. The number of nitrogens with zero attached hydrogens (tertiary/aromatic N) is 2. The van der Waals surface area contributed by atoms with Gasteiger partial charge in [0.2, 0.25) is 5.43 Å². The summed E-state index contributed by atoms with van der Waals surface area (Å²) in [5.74, 6) is -4.56. The van der Waals surface area contributed by atoms with Crippen molar-refractivity contribution in [2.24, 2.45) is 5.73 Å². The van der Waals surface area contributed by atoms with Crippen LogP contribution in [0.15, 0.2) is 29.2 Å². The van der Waals surface area contributed by atoms with E-state index in [0.29, 0.717) is 25.6 Å². The van der Waals surface area contributed by atoms with Crippen molar-refractivity contribution in [3.05, 3.63) is 62.7 Å². The Kier molecular flexibility index (Phi) is 5.06. The first-order valence-corrected chi connectivity index (χ1v) is 9.54. The molecule has 0 amide bonds. The highest BCUT2D eigenvalue weighted by Gasteiger charge is 2.28. The number of carboxylic acids is 1. The van der Waals surface area contributed by atoms with Gasteiger partial charge in [-0.05, 0) is 18.6 Å². The molecule has 1 saturated heterocycles. The average Bonchev–Trinajstić information content (AvgIpc) is 3.11. The van der Waals surface area contributed by atoms with E-state index in [9.17, 15) is 27.9 Å². The normalized spacial score (nSPS) is 16.3. The van der Waals surface area contributed by atoms with Crippen LogP contribution in [-0.4, -0.2) is 34.8 Å². The number of aromatic carboxylic acids is 1. The molecule has 7 nitrogen and oxygen atoms in total. The van der Waals surface area contributed by atoms with Crippen molar-refractivity contribution in [3.8, 4) is 5.69 Å². The highest BCUT2D eigenvalue weighted by molar-refractivity contribution is 6.38. The molecule has 1 atom stereocenters. The Bertz CT molecular complexity index is 1310. The molecule has 0 aliphatic carbocycles. The summed E-state index contributed by atoms with van der Waals surface area (Å²) in [6.45, 7) is 0.704. The van der Waals surface area contributed by atoms with Gasteiger partial charge in [-0.25, -0.2) is 18.0 Å². The van der Waals surface area contributed by atoms with Gasteiger partial charge in [0.15, 0.2) is 0 Å². The van der Waals surface area contributed by atoms with Gasteiger partial charge in [0.25, 0.3) is 0 Å². The monoisotopic (exact) mass is 452 g/mol. The van der Waals surface area contributed by atoms with Crippen molar-refractivity contribution in [1.82, 2.24) is 4.57 Å². The summed E-state index contributed by atoms with van der Waals surface area (Å²) in [7, 11) is 0. The lowest BCUT2D eigenvalue weighted by molar-refractivity contribution is 0.0695. The summed E-state index contributed by atoms with van der Waals surface area (Å²) < 4.78 is 44.3. The Morgan fingerprint density at radius 1 is 1.16 bits per heavy atom. The van der Waals surface area contributed by atoms with Crippen LogP contribution in [0, 0.1) is 17.5 Å². The Hall–Kier alpha value is -3.24. The lowest BCUT2D eigenvalue weighted by Gasteiger charge is -2.23. The summed E-state index contributed by atoms with van der Waals surface area (Å²) in [4.78, 5) is 25.9. The number of rotatable bonds is 3. The predicted octanol–water partition coefficient (Wildman–Crippen LogP) is 2.88. The maximum atomic E-state index is 15.0. The standard InChI is InChI=1S/C20H16ClF3N4O3/c21-16-17-9(3-13(24)18(16)27-2-1-8(25)6-27)19(29)10(20(30)31)7-28(17)15-5-14(26)11(22)4-12(15)23/h3-5,7-8H,1-2,6,25-26H2,(H,30,31)/t8-/m1/s1. The van der Waals surface area contributed by atoms with E-state index in [-0.39, 0.29) is 33.3 Å². The fourth-order valence-electron chi connectivity index (χ4n) is 3.77. The topological polar surface area (TPSA) is 115 Å². The fourth-order valence-corrected chi connectivity index (χ4v) is 4.17.